The molecule has 0 amide bonds. The number of aromatic nitrogens is 1. The van der Waals surface area contributed by atoms with Crippen LogP contribution >= 0.6 is 15.9 Å². The molecule has 16 heavy (non-hydrogen) atoms. The Labute approximate surface area is 103 Å². The molecule has 0 fully saturated rings. The first-order chi connectivity index (χ1) is 7.84. The van der Waals surface area contributed by atoms with Gasteiger partial charge in [0.05, 0.1) is 11.2 Å². The lowest BCUT2D eigenvalue weighted by atomic mass is 10.2. The highest BCUT2D eigenvalue weighted by Gasteiger charge is 2.11. The Morgan fingerprint density at radius 1 is 1.19 bits per heavy atom. The zero-order chi connectivity index (χ0) is 11.0. The van der Waals surface area contributed by atoms with Gasteiger partial charge < -0.3 is 4.90 Å². The number of fused-ring (bicyclic) bond motifs is 1. The molecule has 0 spiro atoms. The summed E-state index contributed by atoms with van der Waals surface area (Å²) < 4.78 is 1.02. The van der Waals surface area contributed by atoms with Gasteiger partial charge in [-0.05, 0) is 28.1 Å². The van der Waals surface area contributed by atoms with E-state index in [4.69, 9.17) is 0 Å². The fraction of sp³-hybridized carbons (Fsp3) is 0.154. The van der Waals surface area contributed by atoms with Crippen LogP contribution in [0.15, 0.2) is 47.1 Å². The number of pyridine rings is 1. The smallest absolute Gasteiger partial charge is 0.0936 e. The van der Waals surface area contributed by atoms with Gasteiger partial charge in [0.1, 0.15) is 0 Å². The van der Waals surface area contributed by atoms with Gasteiger partial charge in [-0.3, -0.25) is 4.98 Å². The van der Waals surface area contributed by atoms with Gasteiger partial charge in [-0.25, -0.2) is 0 Å². The van der Waals surface area contributed by atoms with E-state index >= 15 is 0 Å². The average molecular weight is 275 g/mol. The van der Waals surface area contributed by atoms with Crippen LogP contribution in [0, 0.1) is 0 Å². The van der Waals surface area contributed by atoms with Crippen LogP contribution in [0.1, 0.15) is 0 Å². The standard InChI is InChI=1S/C13H11BrN2/c14-11-8-10-4-3-5-12(13(10)15-9-11)16-6-1-2-7-16/h1-5,8-9H,6-7H2. The molecule has 1 aliphatic rings. The number of halogens is 1. The van der Waals surface area contributed by atoms with E-state index in [9.17, 15) is 0 Å². The Bertz CT molecular complexity index is 555. The lowest BCUT2D eigenvalue weighted by Gasteiger charge is -2.19. The molecule has 0 saturated heterocycles. The van der Waals surface area contributed by atoms with Gasteiger partial charge in [-0.15, -0.1) is 0 Å². The van der Waals surface area contributed by atoms with Crippen LogP contribution in [-0.2, 0) is 0 Å². The summed E-state index contributed by atoms with van der Waals surface area (Å²) in [7, 11) is 0. The number of anilines is 1. The second-order valence-corrected chi connectivity index (χ2v) is 4.79. The van der Waals surface area contributed by atoms with Crippen LogP contribution in [0.25, 0.3) is 10.9 Å². The van der Waals surface area contributed by atoms with Crippen LogP contribution in [0.5, 0.6) is 0 Å². The predicted molar refractivity (Wildman–Crippen MR) is 70.8 cm³/mol. The van der Waals surface area contributed by atoms with Gasteiger partial charge in [0.25, 0.3) is 0 Å². The number of nitrogens with zero attached hydrogens (tertiary/aromatic N) is 2. The van der Waals surface area contributed by atoms with Gasteiger partial charge in [0.15, 0.2) is 0 Å². The zero-order valence-corrected chi connectivity index (χ0v) is 10.3. The van der Waals surface area contributed by atoms with Gasteiger partial charge >= 0.3 is 0 Å². The first kappa shape index (κ1) is 9.85. The molecule has 2 heterocycles. The lowest BCUT2D eigenvalue weighted by Crippen LogP contribution is -2.18. The first-order valence-corrected chi connectivity index (χ1v) is 6.08. The monoisotopic (exact) mass is 274 g/mol. The molecule has 0 bridgehead atoms. The quantitative estimate of drug-likeness (QED) is 0.742. The van der Waals surface area contributed by atoms with E-state index in [1.165, 1.54) is 11.1 Å². The van der Waals surface area contributed by atoms with Crippen molar-refractivity contribution >= 4 is 32.5 Å². The summed E-state index contributed by atoms with van der Waals surface area (Å²) in [4.78, 5) is 6.83. The van der Waals surface area contributed by atoms with Crippen molar-refractivity contribution in [2.45, 2.75) is 0 Å². The Morgan fingerprint density at radius 3 is 2.81 bits per heavy atom. The first-order valence-electron chi connectivity index (χ1n) is 5.29. The van der Waals surface area contributed by atoms with Crippen molar-refractivity contribution in [3.05, 3.63) is 47.1 Å². The largest absolute Gasteiger partial charge is 0.362 e. The zero-order valence-electron chi connectivity index (χ0n) is 8.73. The fourth-order valence-electron chi connectivity index (χ4n) is 2.05. The van der Waals surface area contributed by atoms with Gasteiger partial charge in [0, 0.05) is 29.1 Å². The van der Waals surface area contributed by atoms with E-state index in [2.05, 4.69) is 62.2 Å². The normalized spacial score (nSPS) is 14.9. The summed E-state index contributed by atoms with van der Waals surface area (Å²) >= 11 is 3.45. The molecule has 0 saturated carbocycles. The molecular formula is C13H11BrN2. The molecule has 0 atom stereocenters. The third-order valence-electron chi connectivity index (χ3n) is 2.82. The van der Waals surface area contributed by atoms with Gasteiger partial charge in [-0.1, -0.05) is 24.3 Å². The summed E-state index contributed by atoms with van der Waals surface area (Å²) in [6.45, 7) is 1.97. The Kier molecular flexibility index (Phi) is 2.40. The molecule has 0 aliphatic carbocycles. The van der Waals surface area contributed by atoms with Crippen LogP contribution in [-0.4, -0.2) is 18.1 Å². The summed E-state index contributed by atoms with van der Waals surface area (Å²) in [6, 6.07) is 8.43. The van der Waals surface area contributed by atoms with Crippen LogP contribution < -0.4 is 4.90 Å². The summed E-state index contributed by atoms with van der Waals surface area (Å²) in [5.41, 5.74) is 2.30. The number of hydrogen-bond donors (Lipinski definition) is 0. The molecule has 3 heteroatoms. The summed E-state index contributed by atoms with van der Waals surface area (Å²) in [5.74, 6) is 0. The Morgan fingerprint density at radius 2 is 2.00 bits per heavy atom. The molecule has 2 nitrogen and oxygen atoms in total. The molecule has 0 N–H and O–H groups in total. The van der Waals surface area contributed by atoms with Crippen molar-refractivity contribution in [1.82, 2.24) is 4.98 Å². The molecule has 1 aromatic heterocycles. The van der Waals surface area contributed by atoms with E-state index in [1.54, 1.807) is 0 Å². The predicted octanol–water partition coefficient (Wildman–Crippen LogP) is 3.37. The lowest BCUT2D eigenvalue weighted by molar-refractivity contribution is 1.01. The maximum absolute atomic E-state index is 4.51. The van der Waals surface area contributed by atoms with Crippen molar-refractivity contribution in [3.63, 3.8) is 0 Å². The molecule has 0 radical (unpaired) electrons. The van der Waals surface area contributed by atoms with E-state index in [0.29, 0.717) is 0 Å². The highest BCUT2D eigenvalue weighted by molar-refractivity contribution is 9.10. The summed E-state index contributed by atoms with van der Waals surface area (Å²) in [5, 5.41) is 1.18. The van der Waals surface area contributed by atoms with Gasteiger partial charge in [-0.2, -0.15) is 0 Å². The number of para-hydroxylation sites is 1. The fourth-order valence-corrected chi connectivity index (χ4v) is 2.40. The van der Waals surface area contributed by atoms with Crippen LogP contribution in [0.2, 0.25) is 0 Å². The van der Waals surface area contributed by atoms with Crippen LogP contribution in [0.4, 0.5) is 5.69 Å². The molecular weight excluding hydrogens is 264 g/mol. The van der Waals surface area contributed by atoms with E-state index in [0.717, 1.165) is 23.1 Å². The molecule has 1 aliphatic heterocycles. The third kappa shape index (κ3) is 1.61. The van der Waals surface area contributed by atoms with Crippen molar-refractivity contribution < 1.29 is 0 Å². The second kappa shape index (κ2) is 3.91. The minimum Gasteiger partial charge on any atom is -0.362 e. The Balaban J connectivity index is 2.17. The molecule has 3 rings (SSSR count). The van der Waals surface area contributed by atoms with Crippen LogP contribution in [0.3, 0.4) is 0 Å². The topological polar surface area (TPSA) is 16.1 Å². The molecule has 80 valence electrons. The SMILES string of the molecule is Brc1cnc2c(N3CC=CC3)cccc2c1. The van der Waals surface area contributed by atoms with E-state index in [-0.39, 0.29) is 0 Å². The van der Waals surface area contributed by atoms with Crippen molar-refractivity contribution in [1.29, 1.82) is 0 Å². The number of rotatable bonds is 1. The average Bonchev–Trinajstić information content (AvgIpc) is 2.81. The van der Waals surface area contributed by atoms with E-state index in [1.807, 2.05) is 6.20 Å². The van der Waals surface area contributed by atoms with Crippen molar-refractivity contribution in [2.24, 2.45) is 0 Å². The van der Waals surface area contributed by atoms with Gasteiger partial charge in [0.2, 0.25) is 0 Å². The summed E-state index contributed by atoms with van der Waals surface area (Å²) in [6.07, 6.45) is 6.24. The minimum atomic E-state index is 0.983. The highest BCUT2D eigenvalue weighted by Crippen LogP contribution is 2.27. The van der Waals surface area contributed by atoms with Crippen molar-refractivity contribution in [2.75, 3.05) is 18.0 Å². The molecule has 2 aromatic rings. The number of hydrogen-bond acceptors (Lipinski definition) is 2. The number of benzene rings is 1. The third-order valence-corrected chi connectivity index (χ3v) is 3.25. The van der Waals surface area contributed by atoms with Crippen molar-refractivity contribution in [3.8, 4) is 0 Å². The van der Waals surface area contributed by atoms with E-state index < -0.39 is 0 Å². The molecule has 0 unspecified atom stereocenters. The second-order valence-electron chi connectivity index (χ2n) is 3.88. The highest BCUT2D eigenvalue weighted by atomic mass is 79.9. The Hall–Kier alpha value is -1.35. The maximum Gasteiger partial charge on any atom is 0.0936 e. The molecule has 1 aromatic carbocycles. The minimum absolute atomic E-state index is 0.983. The maximum atomic E-state index is 4.51.